The molecule has 0 bridgehead atoms. The molecule has 2 amide bonds. The third-order valence-corrected chi connectivity index (χ3v) is 6.98. The largest absolute Gasteiger partial charge is 0.390 e. The number of benzene rings is 1. The molecule has 1 aromatic heterocycles. The number of anilines is 1. The maximum atomic E-state index is 12.9. The van der Waals surface area contributed by atoms with Gasteiger partial charge in [-0.15, -0.1) is 0 Å². The molecule has 0 saturated carbocycles. The van der Waals surface area contributed by atoms with Gasteiger partial charge in [-0.2, -0.15) is 13.2 Å². The number of para-hydroxylation sites is 1. The SMILES string of the molecule is C[C@@H]1CN(C(=O)/C=C/CC2CCCN2CCC(F)(F)F)Cc2ncc(C(=O)Nc3ccccc3Cl)n21. The molecule has 2 aliphatic heterocycles. The smallest absolute Gasteiger partial charge is 0.330 e. The molecule has 1 saturated heterocycles. The molecule has 1 unspecified atom stereocenters. The van der Waals surface area contributed by atoms with Gasteiger partial charge in [0.15, 0.2) is 0 Å². The maximum absolute atomic E-state index is 12.9. The second-order valence-electron chi connectivity index (χ2n) is 9.27. The van der Waals surface area contributed by atoms with Crippen LogP contribution in [0.3, 0.4) is 0 Å². The Morgan fingerprint density at radius 3 is 2.81 bits per heavy atom. The predicted molar refractivity (Wildman–Crippen MR) is 131 cm³/mol. The van der Waals surface area contributed by atoms with Gasteiger partial charge in [0.1, 0.15) is 11.5 Å². The Labute approximate surface area is 212 Å². The number of nitrogens with zero attached hydrogens (tertiary/aromatic N) is 4. The molecular formula is C25H29ClF3N5O2. The predicted octanol–water partition coefficient (Wildman–Crippen LogP) is 5.06. The lowest BCUT2D eigenvalue weighted by molar-refractivity contribution is -0.138. The summed E-state index contributed by atoms with van der Waals surface area (Å²) < 4.78 is 39.5. The Hall–Kier alpha value is -2.85. The van der Waals surface area contributed by atoms with E-state index in [1.54, 1.807) is 35.2 Å². The lowest BCUT2D eigenvalue weighted by atomic mass is 10.1. The summed E-state index contributed by atoms with van der Waals surface area (Å²) in [6.07, 6.45) is 2.00. The number of alkyl halides is 3. The molecule has 3 heterocycles. The number of rotatable bonds is 7. The van der Waals surface area contributed by atoms with Crippen LogP contribution in [0.5, 0.6) is 0 Å². The van der Waals surface area contributed by atoms with Gasteiger partial charge in [0, 0.05) is 19.1 Å². The summed E-state index contributed by atoms with van der Waals surface area (Å²) in [6, 6.07) is 6.81. The van der Waals surface area contributed by atoms with Crippen LogP contribution in [0.2, 0.25) is 5.02 Å². The van der Waals surface area contributed by atoms with Gasteiger partial charge in [-0.05, 0) is 50.9 Å². The second-order valence-corrected chi connectivity index (χ2v) is 9.67. The number of imidazole rings is 1. The topological polar surface area (TPSA) is 70.5 Å². The summed E-state index contributed by atoms with van der Waals surface area (Å²) in [5.41, 5.74) is 0.893. The number of halogens is 4. The molecule has 1 aromatic carbocycles. The van der Waals surface area contributed by atoms with Crippen LogP contribution in [0, 0.1) is 0 Å². The van der Waals surface area contributed by atoms with Crippen molar-refractivity contribution in [1.29, 1.82) is 0 Å². The van der Waals surface area contributed by atoms with Crippen LogP contribution in [-0.2, 0) is 11.3 Å². The summed E-state index contributed by atoms with van der Waals surface area (Å²) >= 11 is 6.14. The number of nitrogens with one attached hydrogen (secondary N) is 1. The highest BCUT2D eigenvalue weighted by Crippen LogP contribution is 2.27. The molecule has 2 atom stereocenters. The van der Waals surface area contributed by atoms with E-state index in [1.807, 2.05) is 16.4 Å². The van der Waals surface area contributed by atoms with Gasteiger partial charge in [0.2, 0.25) is 5.91 Å². The van der Waals surface area contributed by atoms with Crippen molar-refractivity contribution in [3.05, 3.63) is 59.2 Å². The molecule has 0 aliphatic carbocycles. The fourth-order valence-electron chi connectivity index (χ4n) is 4.89. The number of fused-ring (bicyclic) bond motifs is 1. The van der Waals surface area contributed by atoms with Crippen LogP contribution in [0.15, 0.2) is 42.6 Å². The average Bonchev–Trinajstić information content (AvgIpc) is 3.46. The zero-order valence-corrected chi connectivity index (χ0v) is 20.7. The van der Waals surface area contributed by atoms with Gasteiger partial charge in [0.25, 0.3) is 5.91 Å². The summed E-state index contributed by atoms with van der Waals surface area (Å²) in [6.45, 7) is 3.22. The van der Waals surface area contributed by atoms with Crippen LogP contribution in [0.1, 0.15) is 55.0 Å². The van der Waals surface area contributed by atoms with E-state index in [1.165, 1.54) is 12.3 Å². The standard InChI is InChI=1S/C25H29ClF3N5O2/c1-17-15-33(23(35)10-4-6-18-7-5-12-32(18)13-11-25(27,28)29)16-22-30-14-21(34(17)22)24(36)31-20-9-3-2-8-19(20)26/h2-4,8-10,14,17-18H,5-7,11-13,15-16H2,1H3,(H,31,36)/b10-4+/t17-,18?/m1/s1. The van der Waals surface area contributed by atoms with Crippen molar-refractivity contribution >= 4 is 29.1 Å². The summed E-state index contributed by atoms with van der Waals surface area (Å²) in [5.74, 6) is 0.0898. The minimum atomic E-state index is -4.16. The fraction of sp³-hybridized carbons (Fsp3) is 0.480. The Bertz CT molecular complexity index is 1130. The van der Waals surface area contributed by atoms with Crippen molar-refractivity contribution in [1.82, 2.24) is 19.4 Å². The van der Waals surface area contributed by atoms with Crippen molar-refractivity contribution < 1.29 is 22.8 Å². The van der Waals surface area contributed by atoms with Crippen LogP contribution in [0.4, 0.5) is 18.9 Å². The number of hydrogen-bond donors (Lipinski definition) is 1. The van der Waals surface area contributed by atoms with Gasteiger partial charge >= 0.3 is 6.18 Å². The molecule has 2 aliphatic rings. The van der Waals surface area contributed by atoms with Crippen molar-refractivity contribution in [3.8, 4) is 0 Å². The molecule has 36 heavy (non-hydrogen) atoms. The fourth-order valence-corrected chi connectivity index (χ4v) is 5.07. The van der Waals surface area contributed by atoms with Crippen LogP contribution in [-0.4, -0.2) is 63.0 Å². The Morgan fingerprint density at radius 2 is 2.06 bits per heavy atom. The monoisotopic (exact) mass is 523 g/mol. The van der Waals surface area contributed by atoms with Crippen LogP contribution >= 0.6 is 11.6 Å². The molecule has 1 N–H and O–H groups in total. The molecule has 4 rings (SSSR count). The first kappa shape index (κ1) is 26.2. The Kier molecular flexibility index (Phi) is 8.04. The van der Waals surface area contributed by atoms with E-state index in [9.17, 15) is 22.8 Å². The molecule has 11 heteroatoms. The zero-order chi connectivity index (χ0) is 25.9. The van der Waals surface area contributed by atoms with E-state index >= 15 is 0 Å². The molecule has 2 aromatic rings. The highest BCUT2D eigenvalue weighted by atomic mass is 35.5. The minimum absolute atomic E-state index is 0.00532. The Balaban J connectivity index is 1.35. The van der Waals surface area contributed by atoms with Crippen molar-refractivity contribution in [2.45, 2.75) is 57.4 Å². The van der Waals surface area contributed by atoms with Crippen molar-refractivity contribution in [2.75, 3.05) is 25.0 Å². The summed E-state index contributed by atoms with van der Waals surface area (Å²) in [5, 5.41) is 3.24. The first-order valence-electron chi connectivity index (χ1n) is 12.0. The molecule has 1 fully saturated rings. The van der Waals surface area contributed by atoms with Gasteiger partial charge in [-0.1, -0.05) is 29.8 Å². The van der Waals surface area contributed by atoms with Gasteiger partial charge in [-0.3, -0.25) is 14.5 Å². The maximum Gasteiger partial charge on any atom is 0.390 e. The molecule has 194 valence electrons. The molecule has 0 spiro atoms. The lowest BCUT2D eigenvalue weighted by Gasteiger charge is -2.32. The third-order valence-electron chi connectivity index (χ3n) is 6.65. The number of aromatic nitrogens is 2. The molecular weight excluding hydrogens is 495 g/mol. The van der Waals surface area contributed by atoms with Gasteiger partial charge in [-0.25, -0.2) is 4.98 Å². The van der Waals surface area contributed by atoms with E-state index in [-0.39, 0.29) is 37.0 Å². The summed E-state index contributed by atoms with van der Waals surface area (Å²) in [7, 11) is 0. The Morgan fingerprint density at radius 1 is 1.28 bits per heavy atom. The highest BCUT2D eigenvalue weighted by molar-refractivity contribution is 6.33. The third kappa shape index (κ3) is 6.28. The van der Waals surface area contributed by atoms with Crippen molar-refractivity contribution in [3.63, 3.8) is 0 Å². The normalized spacial score (nSPS) is 20.6. The van der Waals surface area contributed by atoms with Crippen LogP contribution < -0.4 is 5.32 Å². The molecule has 7 nitrogen and oxygen atoms in total. The molecule has 0 radical (unpaired) electrons. The highest BCUT2D eigenvalue weighted by Gasteiger charge is 2.32. The first-order chi connectivity index (χ1) is 17.1. The summed E-state index contributed by atoms with van der Waals surface area (Å²) in [4.78, 5) is 33.6. The first-order valence-corrected chi connectivity index (χ1v) is 12.4. The second kappa shape index (κ2) is 11.0. The number of carbonyl (C=O) groups is 2. The van der Waals surface area contributed by atoms with E-state index in [0.29, 0.717) is 41.7 Å². The average molecular weight is 524 g/mol. The van der Waals surface area contributed by atoms with E-state index in [2.05, 4.69) is 10.3 Å². The van der Waals surface area contributed by atoms with Gasteiger partial charge < -0.3 is 14.8 Å². The zero-order valence-electron chi connectivity index (χ0n) is 20.0. The number of hydrogen-bond acceptors (Lipinski definition) is 4. The van der Waals surface area contributed by atoms with Gasteiger partial charge in [0.05, 0.1) is 35.9 Å². The van der Waals surface area contributed by atoms with E-state index < -0.39 is 12.6 Å². The quantitative estimate of drug-likeness (QED) is 0.515. The number of carbonyl (C=O) groups excluding carboxylic acids is 2. The minimum Gasteiger partial charge on any atom is -0.330 e. The van der Waals surface area contributed by atoms with Crippen molar-refractivity contribution in [2.24, 2.45) is 0 Å². The van der Waals surface area contributed by atoms with E-state index in [0.717, 1.165) is 12.8 Å². The van der Waals surface area contributed by atoms with Crippen LogP contribution in [0.25, 0.3) is 0 Å². The van der Waals surface area contributed by atoms with E-state index in [4.69, 9.17) is 11.6 Å². The lowest BCUT2D eigenvalue weighted by Crippen LogP contribution is -2.40. The number of likely N-dealkylation sites (tertiary alicyclic amines) is 1. The number of amides is 2.